The summed E-state index contributed by atoms with van der Waals surface area (Å²) < 4.78 is 7.55. The Balaban J connectivity index is 1.62. The van der Waals surface area contributed by atoms with Crippen LogP contribution in [0, 0.1) is 0 Å². The van der Waals surface area contributed by atoms with Gasteiger partial charge in [0.25, 0.3) is 5.91 Å². The first-order valence-electron chi connectivity index (χ1n) is 11.6. The number of hydrogen-bond donors (Lipinski definition) is 2. The Hall–Kier alpha value is -4.20. The van der Waals surface area contributed by atoms with Crippen LogP contribution in [-0.2, 0) is 4.79 Å². The van der Waals surface area contributed by atoms with Crippen LogP contribution in [0.5, 0.6) is 5.75 Å². The van der Waals surface area contributed by atoms with E-state index >= 15 is 0 Å². The van der Waals surface area contributed by atoms with Crippen molar-refractivity contribution in [1.82, 2.24) is 14.9 Å². The van der Waals surface area contributed by atoms with Gasteiger partial charge in [0.2, 0.25) is 0 Å². The molecule has 1 unspecified atom stereocenters. The summed E-state index contributed by atoms with van der Waals surface area (Å²) in [6, 6.07) is 30.3. The SMILES string of the molecule is COc1ccc(C2=C(C(=O)NN)c3cc(-c4ccccc4)cn3C3SC=C(c4ccccc4)N23)cc1. The van der Waals surface area contributed by atoms with Crippen LogP contribution in [0.1, 0.15) is 22.3 Å². The zero-order chi connectivity index (χ0) is 24.6. The fourth-order valence-corrected chi connectivity index (χ4v) is 5.97. The van der Waals surface area contributed by atoms with Crippen LogP contribution >= 0.6 is 11.8 Å². The van der Waals surface area contributed by atoms with E-state index in [-0.39, 0.29) is 11.4 Å². The molecular weight excluding hydrogens is 468 g/mol. The minimum absolute atomic E-state index is 0.0981. The topological polar surface area (TPSA) is 72.5 Å². The van der Waals surface area contributed by atoms with Crippen LogP contribution in [0.15, 0.2) is 103 Å². The van der Waals surface area contributed by atoms with E-state index in [4.69, 9.17) is 10.6 Å². The second-order valence-electron chi connectivity index (χ2n) is 8.51. The number of carbonyl (C=O) groups excluding carboxylic acids is 1. The van der Waals surface area contributed by atoms with Crippen molar-refractivity contribution in [1.29, 1.82) is 0 Å². The minimum Gasteiger partial charge on any atom is -0.497 e. The Bertz CT molecular complexity index is 1490. The van der Waals surface area contributed by atoms with Gasteiger partial charge in [-0.2, -0.15) is 0 Å². The van der Waals surface area contributed by atoms with Crippen molar-refractivity contribution in [3.05, 3.63) is 119 Å². The number of carbonyl (C=O) groups is 1. The van der Waals surface area contributed by atoms with Gasteiger partial charge in [0.15, 0.2) is 5.50 Å². The lowest BCUT2D eigenvalue weighted by molar-refractivity contribution is -0.115. The third-order valence-corrected chi connectivity index (χ3v) is 7.54. The van der Waals surface area contributed by atoms with E-state index in [0.29, 0.717) is 5.57 Å². The van der Waals surface area contributed by atoms with Crippen LogP contribution in [0.4, 0.5) is 0 Å². The maximum absolute atomic E-state index is 13.4. The van der Waals surface area contributed by atoms with E-state index in [1.54, 1.807) is 18.9 Å². The number of thioether (sulfide) groups is 1. The van der Waals surface area contributed by atoms with Crippen molar-refractivity contribution in [2.45, 2.75) is 5.50 Å². The largest absolute Gasteiger partial charge is 0.497 e. The van der Waals surface area contributed by atoms with Gasteiger partial charge in [-0.3, -0.25) is 10.2 Å². The van der Waals surface area contributed by atoms with Crippen molar-refractivity contribution < 1.29 is 9.53 Å². The molecule has 0 saturated heterocycles. The van der Waals surface area contributed by atoms with Gasteiger partial charge in [-0.15, -0.1) is 0 Å². The van der Waals surface area contributed by atoms with Crippen molar-refractivity contribution in [2.75, 3.05) is 7.11 Å². The molecule has 3 aromatic carbocycles. The highest BCUT2D eigenvalue weighted by molar-refractivity contribution is 8.02. The van der Waals surface area contributed by atoms with Gasteiger partial charge in [0, 0.05) is 11.8 Å². The number of fused-ring (bicyclic) bond motifs is 3. The number of aromatic nitrogens is 1. The predicted molar refractivity (Wildman–Crippen MR) is 145 cm³/mol. The second kappa shape index (κ2) is 9.11. The fourth-order valence-electron chi connectivity index (χ4n) is 4.82. The molecule has 0 bridgehead atoms. The monoisotopic (exact) mass is 492 g/mol. The third-order valence-electron chi connectivity index (χ3n) is 6.50. The highest BCUT2D eigenvalue weighted by Crippen LogP contribution is 2.54. The number of hydrazine groups is 1. The number of methoxy groups -OCH3 is 1. The molecule has 2 aliphatic heterocycles. The van der Waals surface area contributed by atoms with Crippen molar-refractivity contribution in [3.63, 3.8) is 0 Å². The van der Waals surface area contributed by atoms with Crippen LogP contribution in [-0.4, -0.2) is 22.5 Å². The molecule has 36 heavy (non-hydrogen) atoms. The lowest BCUT2D eigenvalue weighted by atomic mass is 9.98. The van der Waals surface area contributed by atoms with Crippen LogP contribution in [0.25, 0.3) is 28.1 Å². The normalized spacial score (nSPS) is 16.3. The van der Waals surface area contributed by atoms with Gasteiger partial charge in [-0.05, 0) is 52.4 Å². The van der Waals surface area contributed by atoms with Crippen molar-refractivity contribution in [3.8, 4) is 16.9 Å². The zero-order valence-corrected chi connectivity index (χ0v) is 20.4. The molecule has 0 saturated carbocycles. The third kappa shape index (κ3) is 3.61. The maximum atomic E-state index is 13.4. The van der Waals surface area contributed by atoms with E-state index in [1.165, 1.54) is 0 Å². The summed E-state index contributed by atoms with van der Waals surface area (Å²) in [4.78, 5) is 15.7. The fraction of sp³-hybridized carbons (Fsp3) is 0.0690. The number of nitrogens with zero attached hydrogens (tertiary/aromatic N) is 2. The predicted octanol–water partition coefficient (Wildman–Crippen LogP) is 5.54. The summed E-state index contributed by atoms with van der Waals surface area (Å²) in [5.41, 5.74) is 9.56. The molecule has 1 atom stereocenters. The zero-order valence-electron chi connectivity index (χ0n) is 19.6. The van der Waals surface area contributed by atoms with E-state index in [0.717, 1.165) is 45.1 Å². The average molecular weight is 493 g/mol. The van der Waals surface area contributed by atoms with E-state index in [9.17, 15) is 4.79 Å². The molecule has 0 spiro atoms. The summed E-state index contributed by atoms with van der Waals surface area (Å²) in [7, 11) is 1.64. The number of ether oxygens (including phenoxy) is 1. The molecule has 3 N–H and O–H groups in total. The van der Waals surface area contributed by atoms with Gasteiger partial charge in [0.1, 0.15) is 5.75 Å². The Morgan fingerprint density at radius 2 is 1.56 bits per heavy atom. The first-order chi connectivity index (χ1) is 17.7. The summed E-state index contributed by atoms with van der Waals surface area (Å²) >= 11 is 1.71. The molecule has 0 aliphatic carbocycles. The van der Waals surface area contributed by atoms with Gasteiger partial charge < -0.3 is 14.2 Å². The molecule has 1 amide bonds. The van der Waals surface area contributed by atoms with Crippen molar-refractivity contribution in [2.24, 2.45) is 5.84 Å². The first-order valence-corrected chi connectivity index (χ1v) is 12.5. The van der Waals surface area contributed by atoms with E-state index in [2.05, 4.69) is 56.8 Å². The molecular formula is C29H24N4O2S. The molecule has 178 valence electrons. The molecule has 0 radical (unpaired) electrons. The van der Waals surface area contributed by atoms with Crippen molar-refractivity contribution >= 4 is 34.6 Å². The van der Waals surface area contributed by atoms with Gasteiger partial charge in [0.05, 0.1) is 29.8 Å². The summed E-state index contributed by atoms with van der Waals surface area (Å²) in [6.07, 6.45) is 2.12. The maximum Gasteiger partial charge on any atom is 0.269 e. The second-order valence-corrected chi connectivity index (χ2v) is 9.44. The molecule has 6 nitrogen and oxygen atoms in total. The van der Waals surface area contributed by atoms with Gasteiger partial charge in [-0.25, -0.2) is 5.84 Å². The van der Waals surface area contributed by atoms with Crippen LogP contribution in [0.2, 0.25) is 0 Å². The molecule has 0 fully saturated rings. The molecule has 3 heterocycles. The minimum atomic E-state index is -0.345. The Morgan fingerprint density at radius 3 is 2.19 bits per heavy atom. The molecule has 7 heteroatoms. The average Bonchev–Trinajstić information content (AvgIpc) is 3.58. The smallest absolute Gasteiger partial charge is 0.269 e. The first kappa shape index (κ1) is 22.3. The highest BCUT2D eigenvalue weighted by Gasteiger charge is 2.41. The quantitative estimate of drug-likeness (QED) is 0.217. The number of benzene rings is 3. The van der Waals surface area contributed by atoms with E-state index < -0.39 is 0 Å². The Labute approximate surface area is 213 Å². The number of nitrogens with two attached hydrogens (primary N) is 1. The summed E-state index contributed by atoms with van der Waals surface area (Å²) in [6.45, 7) is 0. The molecule has 2 aliphatic rings. The van der Waals surface area contributed by atoms with Crippen LogP contribution in [0.3, 0.4) is 0 Å². The molecule has 6 rings (SSSR count). The lowest BCUT2D eigenvalue weighted by Gasteiger charge is -2.38. The van der Waals surface area contributed by atoms with Gasteiger partial charge in [-0.1, -0.05) is 72.4 Å². The highest BCUT2D eigenvalue weighted by atomic mass is 32.2. The van der Waals surface area contributed by atoms with Gasteiger partial charge >= 0.3 is 0 Å². The Kier molecular flexibility index (Phi) is 5.64. The van der Waals surface area contributed by atoms with E-state index in [1.807, 2.05) is 60.7 Å². The number of rotatable bonds is 5. The molecule has 4 aromatic rings. The van der Waals surface area contributed by atoms with Crippen LogP contribution < -0.4 is 16.0 Å². The molecule has 1 aromatic heterocycles. The summed E-state index contributed by atoms with van der Waals surface area (Å²) in [5.74, 6) is 6.15. The standard InChI is InChI=1S/C29H24N4O2S/c1-35-23-14-12-21(13-15-23)27-26(28(34)31-30)24-16-22(19-8-4-2-5-9-19)17-32(24)29-33(27)25(18-36-29)20-10-6-3-7-11-20/h2-18,29H,30H2,1H3,(H,31,34). The number of hydrogen-bond acceptors (Lipinski definition) is 5. The number of nitrogens with one attached hydrogen (secondary N) is 1. The summed E-state index contributed by atoms with van der Waals surface area (Å²) in [5, 5.41) is 2.17. The lowest BCUT2D eigenvalue weighted by Crippen LogP contribution is -2.37. The Morgan fingerprint density at radius 1 is 0.889 bits per heavy atom. The number of amides is 1.